The van der Waals surface area contributed by atoms with Gasteiger partial charge in [0.1, 0.15) is 23.5 Å². The predicted molar refractivity (Wildman–Crippen MR) is 126 cm³/mol. The number of ether oxygens (including phenoxy) is 1. The zero-order valence-electron chi connectivity index (χ0n) is 19.9. The van der Waals surface area contributed by atoms with Gasteiger partial charge in [-0.3, -0.25) is 14.2 Å². The number of aromatic nitrogens is 1. The summed E-state index contributed by atoms with van der Waals surface area (Å²) < 4.78 is 80.7. The Morgan fingerprint density at radius 1 is 1.06 bits per heavy atom. The third-order valence-corrected chi connectivity index (χ3v) is 6.44. The number of rotatable bonds is 6. The molecule has 0 radical (unpaired) electrons. The molecule has 2 aliphatic rings. The number of likely N-dealkylation sites (tertiary alicyclic amines) is 1. The highest BCUT2D eigenvalue weighted by Gasteiger charge is 2.35. The molecule has 1 fully saturated rings. The molecule has 10 heteroatoms. The van der Waals surface area contributed by atoms with Gasteiger partial charge in [-0.1, -0.05) is 18.2 Å². The Morgan fingerprint density at radius 3 is 2.42 bits per heavy atom. The molecule has 0 unspecified atom stereocenters. The first-order valence-electron chi connectivity index (χ1n) is 11.9. The van der Waals surface area contributed by atoms with Crippen LogP contribution in [0.25, 0.3) is 10.9 Å². The van der Waals surface area contributed by atoms with Crippen LogP contribution in [0.5, 0.6) is 5.75 Å². The maximum absolute atomic E-state index is 12.9. The molecule has 5 rings (SSSR count). The van der Waals surface area contributed by atoms with Crippen LogP contribution >= 0.6 is 0 Å². The van der Waals surface area contributed by atoms with Crippen molar-refractivity contribution in [3.05, 3.63) is 65.4 Å². The predicted octanol–water partition coefficient (Wildman–Crippen LogP) is 5.86. The second kappa shape index (κ2) is 11.1. The number of alkyl halides is 4. The number of halogens is 6. The second-order valence-corrected chi connectivity index (χ2v) is 9.35. The minimum absolute atomic E-state index is 0.0594. The van der Waals surface area contributed by atoms with Gasteiger partial charge in [-0.15, -0.1) is 0 Å². The minimum atomic E-state index is -4.14. The van der Waals surface area contributed by atoms with E-state index in [0.717, 1.165) is 34.8 Å². The largest absolute Gasteiger partial charge is 0.488 e. The molecular weight excluding hydrogens is 484 g/mol. The van der Waals surface area contributed by atoms with Crippen molar-refractivity contribution in [1.82, 2.24) is 14.8 Å². The molecule has 0 bridgehead atoms. The van der Waals surface area contributed by atoms with Crippen molar-refractivity contribution >= 4 is 10.9 Å². The molecule has 0 saturated carbocycles. The summed E-state index contributed by atoms with van der Waals surface area (Å²) in [7, 11) is 0. The van der Waals surface area contributed by atoms with Gasteiger partial charge in [0.2, 0.25) is 0 Å². The first kappa shape index (κ1) is 26.3. The summed E-state index contributed by atoms with van der Waals surface area (Å²) in [5, 5.41) is 1.14. The number of nitrogens with one attached hydrogen (secondary N) is 1. The van der Waals surface area contributed by atoms with Crippen LogP contribution in [-0.4, -0.2) is 66.0 Å². The van der Waals surface area contributed by atoms with Crippen LogP contribution in [0, 0.1) is 11.6 Å². The van der Waals surface area contributed by atoms with E-state index in [1.54, 1.807) is 0 Å². The van der Waals surface area contributed by atoms with Gasteiger partial charge < -0.3 is 9.72 Å². The van der Waals surface area contributed by atoms with Crippen LogP contribution in [0.4, 0.5) is 26.3 Å². The average Bonchev–Trinajstić information content (AvgIpc) is 3.11. The van der Waals surface area contributed by atoms with E-state index in [9.17, 15) is 26.3 Å². The number of para-hydroxylation sites is 1. The van der Waals surface area contributed by atoms with Crippen molar-refractivity contribution in [2.75, 3.05) is 32.9 Å². The standard InChI is InChI=1S/C14H15F3N2.C12H14F3NO/c1-9-6-11-10-4-2-3-5-12(10)18-13(11)7-19(9)8-14(15,16)17;13-2-1-3-16-7-12(8-16)17-11-5-9(14)4-10(15)6-11/h2-5,9,18H,6-8H2,1H3;4-6,12H,1-3,7-8H2/t9-;/m1./s1. The van der Waals surface area contributed by atoms with Gasteiger partial charge in [0.05, 0.1) is 13.2 Å². The van der Waals surface area contributed by atoms with Crippen molar-refractivity contribution in [1.29, 1.82) is 0 Å². The summed E-state index contributed by atoms with van der Waals surface area (Å²) in [5.74, 6) is -1.08. The highest BCUT2D eigenvalue weighted by molar-refractivity contribution is 5.84. The summed E-state index contributed by atoms with van der Waals surface area (Å²) in [6, 6.07) is 10.9. The van der Waals surface area contributed by atoms with Crippen LogP contribution in [0.1, 0.15) is 24.6 Å². The topological polar surface area (TPSA) is 31.5 Å². The molecule has 4 nitrogen and oxygen atoms in total. The maximum atomic E-state index is 12.9. The highest BCUT2D eigenvalue weighted by atomic mass is 19.4. The maximum Gasteiger partial charge on any atom is 0.401 e. The van der Waals surface area contributed by atoms with Crippen LogP contribution in [0.3, 0.4) is 0 Å². The summed E-state index contributed by atoms with van der Waals surface area (Å²) in [4.78, 5) is 6.77. The fraction of sp³-hybridized carbons (Fsp3) is 0.462. The number of nitrogens with zero attached hydrogens (tertiary/aromatic N) is 2. The van der Waals surface area contributed by atoms with Crippen molar-refractivity contribution in [2.24, 2.45) is 0 Å². The van der Waals surface area contributed by atoms with Crippen LogP contribution < -0.4 is 4.74 Å². The van der Waals surface area contributed by atoms with Crippen LogP contribution in [0.15, 0.2) is 42.5 Å². The van der Waals surface area contributed by atoms with E-state index >= 15 is 0 Å². The van der Waals surface area contributed by atoms with Gasteiger partial charge in [-0.25, -0.2) is 8.78 Å². The van der Waals surface area contributed by atoms with Gasteiger partial charge in [-0.05, 0) is 31.4 Å². The second-order valence-electron chi connectivity index (χ2n) is 9.35. The molecule has 3 heterocycles. The molecule has 1 saturated heterocycles. The van der Waals surface area contributed by atoms with Crippen molar-refractivity contribution in [3.63, 3.8) is 0 Å². The van der Waals surface area contributed by atoms with E-state index in [2.05, 4.69) is 4.98 Å². The molecule has 2 aromatic carbocycles. The molecule has 36 heavy (non-hydrogen) atoms. The molecular formula is C26H29F6N3O. The van der Waals surface area contributed by atoms with E-state index < -0.39 is 24.4 Å². The van der Waals surface area contributed by atoms with E-state index in [0.29, 0.717) is 39.0 Å². The lowest BCUT2D eigenvalue weighted by molar-refractivity contribution is -0.152. The first-order chi connectivity index (χ1) is 17.1. The fourth-order valence-corrected chi connectivity index (χ4v) is 4.70. The molecule has 0 aliphatic carbocycles. The Hall–Kier alpha value is -2.72. The number of fused-ring (bicyclic) bond motifs is 3. The monoisotopic (exact) mass is 513 g/mol. The average molecular weight is 514 g/mol. The van der Waals surface area contributed by atoms with Crippen molar-refractivity contribution in [3.8, 4) is 5.75 Å². The lowest BCUT2D eigenvalue weighted by Gasteiger charge is -2.38. The molecule has 3 aromatic rings. The van der Waals surface area contributed by atoms with E-state index in [1.165, 1.54) is 10.5 Å². The van der Waals surface area contributed by atoms with Crippen LogP contribution in [-0.2, 0) is 13.0 Å². The van der Waals surface area contributed by atoms with Gasteiger partial charge >= 0.3 is 6.18 Å². The van der Waals surface area contributed by atoms with Crippen LogP contribution in [0.2, 0.25) is 0 Å². The van der Waals surface area contributed by atoms with Gasteiger partial charge in [0.15, 0.2) is 0 Å². The smallest absolute Gasteiger partial charge is 0.401 e. The molecule has 1 aromatic heterocycles. The van der Waals surface area contributed by atoms with E-state index in [-0.39, 0.29) is 24.6 Å². The molecule has 2 aliphatic heterocycles. The molecule has 1 N–H and O–H groups in total. The minimum Gasteiger partial charge on any atom is -0.488 e. The third kappa shape index (κ3) is 6.73. The van der Waals surface area contributed by atoms with Gasteiger partial charge in [0, 0.05) is 67.0 Å². The zero-order chi connectivity index (χ0) is 25.9. The fourth-order valence-electron chi connectivity index (χ4n) is 4.70. The molecule has 1 atom stereocenters. The Kier molecular flexibility index (Phi) is 8.14. The van der Waals surface area contributed by atoms with E-state index in [1.807, 2.05) is 36.1 Å². The lowest BCUT2D eigenvalue weighted by atomic mass is 9.98. The number of H-pyrrole nitrogens is 1. The molecule has 0 spiro atoms. The van der Waals surface area contributed by atoms with E-state index in [4.69, 9.17) is 4.74 Å². The first-order valence-corrected chi connectivity index (χ1v) is 11.9. The van der Waals surface area contributed by atoms with Gasteiger partial charge in [0.25, 0.3) is 0 Å². The number of hydrogen-bond acceptors (Lipinski definition) is 3. The highest BCUT2D eigenvalue weighted by Crippen LogP contribution is 2.31. The van der Waals surface area contributed by atoms with Gasteiger partial charge in [-0.2, -0.15) is 13.2 Å². The normalized spacial score (nSPS) is 18.9. The number of hydrogen-bond donors (Lipinski definition) is 1. The number of benzene rings is 2. The summed E-state index contributed by atoms with van der Waals surface area (Å²) in [6.07, 6.45) is -3.02. The summed E-state index contributed by atoms with van der Waals surface area (Å²) >= 11 is 0. The molecule has 0 amide bonds. The van der Waals surface area contributed by atoms with Crippen molar-refractivity contribution in [2.45, 2.75) is 44.6 Å². The Labute approximate surface area is 205 Å². The Morgan fingerprint density at radius 2 is 1.75 bits per heavy atom. The Balaban J connectivity index is 0.000000170. The summed E-state index contributed by atoms with van der Waals surface area (Å²) in [6.45, 7) is 3.09. The Bertz CT molecular complexity index is 1140. The lowest BCUT2D eigenvalue weighted by Crippen LogP contribution is -2.53. The SMILES string of the molecule is C[C@@H]1Cc2c([nH]c3ccccc23)CN1CC(F)(F)F.FCCCN1CC(Oc2cc(F)cc(F)c2)C1. The van der Waals surface area contributed by atoms with Crippen molar-refractivity contribution < 1.29 is 31.1 Å². The number of aromatic amines is 1. The third-order valence-electron chi connectivity index (χ3n) is 6.44. The quantitative estimate of drug-likeness (QED) is 0.419. The zero-order valence-corrected chi connectivity index (χ0v) is 19.9. The molecule has 196 valence electrons. The summed E-state index contributed by atoms with van der Waals surface area (Å²) in [5.41, 5.74) is 3.10.